The molecule has 0 saturated carbocycles. The van der Waals surface area contributed by atoms with Crippen molar-refractivity contribution in [2.45, 2.75) is 0 Å². The van der Waals surface area contributed by atoms with Crippen LogP contribution in [0, 0.1) is 0 Å². The van der Waals surface area contributed by atoms with Crippen LogP contribution in [-0.4, -0.2) is 0 Å². The first kappa shape index (κ1) is 788. The van der Waals surface area contributed by atoms with Crippen molar-refractivity contribution in [3.05, 3.63) is 0 Å². The quantitative estimate of drug-likeness (QED) is 0.383. The minimum Gasteiger partial charge on any atom is -2.00 e. The van der Waals surface area contributed by atoms with Gasteiger partial charge < -0.3 is 21.9 Å². The zero-order valence-corrected chi connectivity index (χ0v) is 3.19. The Morgan fingerprint density at radius 2 is 0.400 bits per heavy atom. The zero-order valence-electron chi connectivity index (χ0n) is 2.01. The van der Waals surface area contributed by atoms with E-state index < -0.39 is 0 Å². The van der Waals surface area contributed by atoms with Crippen molar-refractivity contribution in [2.75, 3.05) is 0 Å². The predicted molar refractivity (Wildman–Crippen MR) is 2.75 cm³/mol. The van der Waals surface area contributed by atoms with Gasteiger partial charge in [0, 0.05) is 0 Å². The summed E-state index contributed by atoms with van der Waals surface area (Å²) in [5.41, 5.74) is 0. The summed E-state index contributed by atoms with van der Waals surface area (Å²) in [4.78, 5) is 0. The van der Waals surface area contributed by atoms with Gasteiger partial charge in [-0.25, -0.2) is 0 Å². The predicted octanol–water partition coefficient (Wildman–Crippen LogP) is -0.478. The van der Waals surface area contributed by atoms with Crippen molar-refractivity contribution in [1.82, 2.24) is 0 Å². The molecule has 0 aliphatic carbocycles. The molecule has 0 aromatic rings. The summed E-state index contributed by atoms with van der Waals surface area (Å²) >= 11 is 0. The molecule has 0 bridgehead atoms. The van der Waals surface area contributed by atoms with Gasteiger partial charge in [-0.1, -0.05) is 0 Å². The Hall–Kier alpha value is 0.359. The Kier molecular flexibility index (Phi) is 60000. The fourth-order valence-electron chi connectivity index (χ4n) is 0. The second-order valence-electron chi connectivity index (χ2n) is 0. The van der Waals surface area contributed by atoms with Crippen LogP contribution in [0.2, 0.25) is 0 Å². The maximum absolute atomic E-state index is 0. The molecule has 0 unspecified atom stereocenters. The Bertz CT molecular complexity index is 3.61. The third-order valence-electron chi connectivity index (χ3n) is 0. The maximum Gasteiger partial charge on any atom is 3.00 e. The van der Waals surface area contributed by atoms with Gasteiger partial charge in [0.2, 0.25) is 0 Å². The number of rotatable bonds is 0. The van der Waals surface area contributed by atoms with E-state index in [1.54, 1.807) is 0 Å². The summed E-state index contributed by atoms with van der Waals surface area (Å²) in [6, 6.07) is 0. The van der Waals surface area contributed by atoms with Crippen LogP contribution in [0.25, 0.3) is 0 Å². The van der Waals surface area contributed by atoms with Crippen molar-refractivity contribution >= 4 is 0 Å². The van der Waals surface area contributed by atoms with Crippen LogP contribution < -0.4 is 0 Å². The molecule has 0 fully saturated rings. The van der Waals surface area contributed by atoms with E-state index in [-0.39, 0.29) is 39.0 Å². The van der Waals surface area contributed by atoms with Gasteiger partial charge in [-0.2, -0.15) is 0 Å². The molecular weight excluding hydrogens is 119 g/mol. The molecule has 5 heavy (non-hydrogen) atoms. The van der Waals surface area contributed by atoms with Gasteiger partial charge in [-0.15, -0.1) is 0 Å². The van der Waals surface area contributed by atoms with E-state index in [0.717, 1.165) is 0 Å². The fraction of sp³-hybridized carbons (Fsp3) is 0. The molecule has 0 amide bonds. The normalized spacial score (nSPS) is 0. The van der Waals surface area contributed by atoms with E-state index in [4.69, 9.17) is 0 Å². The molecule has 0 radical (unpaired) electrons. The van der Waals surface area contributed by atoms with Gasteiger partial charge in [0.25, 0.3) is 0 Å². The van der Waals surface area contributed by atoms with E-state index in [9.17, 15) is 0 Å². The van der Waals surface area contributed by atoms with Crippen LogP contribution in [0.5, 0.6) is 0 Å². The number of hydrogen-bond donors (Lipinski definition) is 0. The van der Waals surface area contributed by atoms with E-state index in [2.05, 4.69) is 0 Å². The first-order valence-corrected chi connectivity index (χ1v) is 0. The molecule has 0 N–H and O–H groups in total. The standard InChI is InChI=1S/Mn.4O/q+3;4*-2. The van der Waals surface area contributed by atoms with Gasteiger partial charge in [0.1, 0.15) is 0 Å². The Balaban J connectivity index is 0. The van der Waals surface area contributed by atoms with Gasteiger partial charge in [0.05, 0.1) is 0 Å². The van der Waals surface area contributed by atoms with Crippen LogP contribution in [0.4, 0.5) is 0 Å². The molecule has 0 saturated heterocycles. The molecule has 0 spiro atoms. The molecule has 0 aliphatic heterocycles. The summed E-state index contributed by atoms with van der Waals surface area (Å²) in [5.74, 6) is 0. The second-order valence-corrected chi connectivity index (χ2v) is 0. The first-order valence-electron chi connectivity index (χ1n) is 0. The van der Waals surface area contributed by atoms with Crippen molar-refractivity contribution in [1.29, 1.82) is 0 Å². The third-order valence-corrected chi connectivity index (χ3v) is 0. The summed E-state index contributed by atoms with van der Waals surface area (Å²) in [6.45, 7) is 0. The van der Waals surface area contributed by atoms with Crippen LogP contribution in [-0.2, 0) is 39.0 Å². The van der Waals surface area contributed by atoms with Crippen molar-refractivity contribution in [2.24, 2.45) is 0 Å². The zero-order chi connectivity index (χ0) is 0. The minimum atomic E-state index is 0. The molecule has 5 heteroatoms. The summed E-state index contributed by atoms with van der Waals surface area (Å²) < 4.78 is 0. The molecule has 0 aliphatic rings. The number of hydrogen-bond acceptors (Lipinski definition) is 0. The molecule has 36 valence electrons. The van der Waals surface area contributed by atoms with Gasteiger partial charge in [-0.05, 0) is 0 Å². The maximum atomic E-state index is 0. The molecular formula is MnO4-5. The van der Waals surface area contributed by atoms with Crippen LogP contribution in [0.1, 0.15) is 0 Å². The summed E-state index contributed by atoms with van der Waals surface area (Å²) in [7, 11) is 0. The van der Waals surface area contributed by atoms with Crippen molar-refractivity contribution in [3.63, 3.8) is 0 Å². The van der Waals surface area contributed by atoms with Crippen molar-refractivity contribution in [3.8, 4) is 0 Å². The summed E-state index contributed by atoms with van der Waals surface area (Å²) in [6.07, 6.45) is 0. The van der Waals surface area contributed by atoms with Crippen LogP contribution >= 0.6 is 0 Å². The Morgan fingerprint density at radius 1 is 0.400 bits per heavy atom. The molecule has 0 rings (SSSR count). The third kappa shape index (κ3) is 188. The fourth-order valence-corrected chi connectivity index (χ4v) is 0. The first-order chi connectivity index (χ1) is 0. The monoisotopic (exact) mass is 119 g/mol. The SMILES string of the molecule is [Mn+3].[O-2].[O-2].[O-2].[O-2]. The Labute approximate surface area is 39.9 Å². The van der Waals surface area contributed by atoms with Crippen molar-refractivity contribution < 1.29 is 39.0 Å². The van der Waals surface area contributed by atoms with Gasteiger partial charge in [-0.3, -0.25) is 0 Å². The minimum absolute atomic E-state index is 0. The van der Waals surface area contributed by atoms with Crippen LogP contribution in [0.15, 0.2) is 0 Å². The molecule has 0 atom stereocenters. The molecule has 0 aromatic heterocycles. The molecule has 4 nitrogen and oxygen atoms in total. The topological polar surface area (TPSA) is 114 Å². The van der Waals surface area contributed by atoms with E-state index >= 15 is 0 Å². The summed E-state index contributed by atoms with van der Waals surface area (Å²) in [5, 5.41) is 0. The van der Waals surface area contributed by atoms with Gasteiger partial charge >= 0.3 is 17.1 Å². The van der Waals surface area contributed by atoms with E-state index in [1.165, 1.54) is 0 Å². The second kappa shape index (κ2) is 381. The van der Waals surface area contributed by atoms with E-state index in [0.29, 0.717) is 0 Å². The average molecular weight is 119 g/mol. The molecule has 0 aromatic carbocycles. The largest absolute Gasteiger partial charge is 3.00 e. The van der Waals surface area contributed by atoms with Gasteiger partial charge in [0.15, 0.2) is 0 Å². The average Bonchev–Trinajstić information content (AvgIpc) is 0. The van der Waals surface area contributed by atoms with Crippen LogP contribution in [0.3, 0.4) is 0 Å². The molecule has 0 heterocycles. The van der Waals surface area contributed by atoms with E-state index in [1.807, 2.05) is 0 Å². The Morgan fingerprint density at radius 3 is 0.400 bits per heavy atom. The smallest absolute Gasteiger partial charge is 2.00 e.